The molecule has 0 aliphatic carbocycles. The van der Waals surface area contributed by atoms with E-state index in [2.05, 4.69) is 5.43 Å². The maximum atomic E-state index is 11.7. The number of hydrogen-bond donors (Lipinski definition) is 2. The first-order valence-corrected chi connectivity index (χ1v) is 5.62. The molecule has 98 valence electrons. The predicted octanol–water partition coefficient (Wildman–Crippen LogP) is 1.01. The van der Waals surface area contributed by atoms with Gasteiger partial charge in [0.2, 0.25) is 5.91 Å². The lowest BCUT2D eigenvalue weighted by atomic mass is 9.79. The minimum Gasteiger partial charge on any atom is -0.481 e. The SMILES string of the molecule is CN(C)NC(=O)CC(C)(C(=O)O)c1ccccc1. The van der Waals surface area contributed by atoms with Gasteiger partial charge >= 0.3 is 5.97 Å². The minimum absolute atomic E-state index is 0.107. The van der Waals surface area contributed by atoms with Crippen LogP contribution in [-0.2, 0) is 15.0 Å². The molecule has 2 N–H and O–H groups in total. The molecule has 0 fully saturated rings. The number of carboxylic acid groups (broad SMARTS) is 1. The summed E-state index contributed by atoms with van der Waals surface area (Å²) in [5.74, 6) is -1.34. The minimum atomic E-state index is -1.22. The van der Waals surface area contributed by atoms with Gasteiger partial charge in [-0.1, -0.05) is 30.3 Å². The predicted molar refractivity (Wildman–Crippen MR) is 67.9 cm³/mol. The number of carboxylic acids is 1. The van der Waals surface area contributed by atoms with Gasteiger partial charge in [-0.2, -0.15) is 0 Å². The second-order valence-corrected chi connectivity index (χ2v) is 4.61. The van der Waals surface area contributed by atoms with Crippen LogP contribution >= 0.6 is 0 Å². The smallest absolute Gasteiger partial charge is 0.314 e. The number of hydrogen-bond acceptors (Lipinski definition) is 3. The summed E-state index contributed by atoms with van der Waals surface area (Å²) in [7, 11) is 3.36. The molecule has 0 aliphatic heterocycles. The average molecular weight is 250 g/mol. The van der Waals surface area contributed by atoms with Crippen molar-refractivity contribution in [3.8, 4) is 0 Å². The van der Waals surface area contributed by atoms with Crippen molar-refractivity contribution < 1.29 is 14.7 Å². The molecule has 1 amide bonds. The van der Waals surface area contributed by atoms with Crippen LogP contribution in [0.3, 0.4) is 0 Å². The van der Waals surface area contributed by atoms with E-state index in [0.29, 0.717) is 5.56 Å². The number of hydrazine groups is 1. The average Bonchev–Trinajstić information content (AvgIpc) is 2.28. The molecule has 5 heteroatoms. The fraction of sp³-hybridized carbons (Fsp3) is 0.385. The van der Waals surface area contributed by atoms with Crippen molar-refractivity contribution in [1.82, 2.24) is 10.4 Å². The highest BCUT2D eigenvalue weighted by Crippen LogP contribution is 2.27. The topological polar surface area (TPSA) is 69.6 Å². The molecule has 0 spiro atoms. The summed E-state index contributed by atoms with van der Waals surface area (Å²) in [6, 6.07) is 8.78. The van der Waals surface area contributed by atoms with Crippen molar-refractivity contribution in [2.75, 3.05) is 14.1 Å². The van der Waals surface area contributed by atoms with Crippen molar-refractivity contribution >= 4 is 11.9 Å². The zero-order valence-electron chi connectivity index (χ0n) is 10.8. The van der Waals surface area contributed by atoms with E-state index in [-0.39, 0.29) is 12.3 Å². The quantitative estimate of drug-likeness (QED) is 0.765. The highest BCUT2D eigenvalue weighted by molar-refractivity contribution is 5.88. The van der Waals surface area contributed by atoms with Crippen LogP contribution in [0.5, 0.6) is 0 Å². The van der Waals surface area contributed by atoms with Crippen molar-refractivity contribution in [2.24, 2.45) is 0 Å². The Morgan fingerprint density at radius 3 is 2.28 bits per heavy atom. The highest BCUT2D eigenvalue weighted by atomic mass is 16.4. The van der Waals surface area contributed by atoms with Crippen LogP contribution in [0, 0.1) is 0 Å². The number of nitrogens with zero attached hydrogens (tertiary/aromatic N) is 1. The largest absolute Gasteiger partial charge is 0.481 e. The fourth-order valence-electron chi connectivity index (χ4n) is 1.72. The first kappa shape index (κ1) is 14.2. The lowest BCUT2D eigenvalue weighted by Crippen LogP contribution is -2.43. The second-order valence-electron chi connectivity index (χ2n) is 4.61. The Morgan fingerprint density at radius 2 is 1.83 bits per heavy atom. The van der Waals surface area contributed by atoms with Crippen molar-refractivity contribution in [3.63, 3.8) is 0 Å². The first-order valence-electron chi connectivity index (χ1n) is 5.62. The van der Waals surface area contributed by atoms with E-state index in [1.165, 1.54) is 5.01 Å². The Morgan fingerprint density at radius 1 is 1.28 bits per heavy atom. The number of benzene rings is 1. The van der Waals surface area contributed by atoms with E-state index in [1.54, 1.807) is 45.3 Å². The maximum absolute atomic E-state index is 11.7. The monoisotopic (exact) mass is 250 g/mol. The van der Waals surface area contributed by atoms with E-state index in [9.17, 15) is 14.7 Å². The van der Waals surface area contributed by atoms with Gasteiger partial charge in [0.1, 0.15) is 0 Å². The summed E-state index contributed by atoms with van der Waals surface area (Å²) in [5, 5.41) is 10.9. The van der Waals surface area contributed by atoms with Crippen LogP contribution in [0.15, 0.2) is 30.3 Å². The Balaban J connectivity index is 2.96. The molecule has 0 aromatic heterocycles. The Hall–Kier alpha value is -1.88. The van der Waals surface area contributed by atoms with Gasteiger partial charge < -0.3 is 5.11 Å². The Kier molecular flexibility index (Phi) is 4.44. The van der Waals surface area contributed by atoms with Gasteiger partial charge in [-0.3, -0.25) is 15.0 Å². The molecular weight excluding hydrogens is 232 g/mol. The van der Waals surface area contributed by atoms with Crippen LogP contribution in [0.1, 0.15) is 18.9 Å². The summed E-state index contributed by atoms with van der Waals surface area (Å²) in [5.41, 5.74) is 1.95. The number of rotatable bonds is 5. The first-order chi connectivity index (χ1) is 8.36. The van der Waals surface area contributed by atoms with E-state index in [0.717, 1.165) is 0 Å². The zero-order valence-corrected chi connectivity index (χ0v) is 10.8. The Labute approximate surface area is 106 Å². The Bertz CT molecular complexity index is 431. The van der Waals surface area contributed by atoms with Crippen molar-refractivity contribution in [3.05, 3.63) is 35.9 Å². The molecule has 1 atom stereocenters. The van der Waals surface area contributed by atoms with Gasteiger partial charge in [-0.25, -0.2) is 5.01 Å². The van der Waals surface area contributed by atoms with Crippen LogP contribution in [-0.4, -0.2) is 36.1 Å². The van der Waals surface area contributed by atoms with Crippen molar-refractivity contribution in [1.29, 1.82) is 0 Å². The molecule has 1 rings (SSSR count). The van der Waals surface area contributed by atoms with Gasteiger partial charge in [0.05, 0.1) is 5.41 Å². The molecule has 0 radical (unpaired) electrons. The number of aliphatic carboxylic acids is 1. The normalized spacial score (nSPS) is 14.0. The lowest BCUT2D eigenvalue weighted by Gasteiger charge is -2.25. The summed E-state index contributed by atoms with van der Waals surface area (Å²) in [6.07, 6.45) is -0.107. The number of carbonyl (C=O) groups excluding carboxylic acids is 1. The number of carbonyl (C=O) groups is 2. The molecule has 1 unspecified atom stereocenters. The van der Waals surface area contributed by atoms with Gasteiger partial charge in [-0.15, -0.1) is 0 Å². The van der Waals surface area contributed by atoms with Gasteiger partial charge in [-0.05, 0) is 12.5 Å². The fourth-order valence-corrected chi connectivity index (χ4v) is 1.72. The third-order valence-corrected chi connectivity index (χ3v) is 2.75. The summed E-state index contributed by atoms with van der Waals surface area (Å²) in [4.78, 5) is 23.2. The third kappa shape index (κ3) is 3.30. The van der Waals surface area contributed by atoms with E-state index >= 15 is 0 Å². The molecule has 0 saturated heterocycles. The molecule has 0 aliphatic rings. The van der Waals surface area contributed by atoms with E-state index in [1.807, 2.05) is 6.07 Å². The third-order valence-electron chi connectivity index (χ3n) is 2.75. The summed E-state index contributed by atoms with van der Waals surface area (Å²) in [6.45, 7) is 1.56. The van der Waals surface area contributed by atoms with Crippen LogP contribution < -0.4 is 5.43 Å². The lowest BCUT2D eigenvalue weighted by molar-refractivity contribution is -0.146. The molecule has 0 saturated carbocycles. The molecule has 5 nitrogen and oxygen atoms in total. The number of nitrogens with one attached hydrogen (secondary N) is 1. The second kappa shape index (κ2) is 5.64. The molecule has 1 aromatic rings. The van der Waals surface area contributed by atoms with E-state index < -0.39 is 11.4 Å². The van der Waals surface area contributed by atoms with Gasteiger partial charge in [0.15, 0.2) is 0 Å². The zero-order chi connectivity index (χ0) is 13.8. The molecule has 0 bridgehead atoms. The van der Waals surface area contributed by atoms with Crippen LogP contribution in [0.2, 0.25) is 0 Å². The number of amides is 1. The standard InChI is InChI=1S/C13H18N2O3/c1-13(12(17)18,9-11(16)14-15(2)3)10-7-5-4-6-8-10/h4-8H,9H2,1-3H3,(H,14,16)(H,17,18). The van der Waals surface area contributed by atoms with E-state index in [4.69, 9.17) is 0 Å². The van der Waals surface area contributed by atoms with Crippen LogP contribution in [0.4, 0.5) is 0 Å². The van der Waals surface area contributed by atoms with Crippen molar-refractivity contribution in [2.45, 2.75) is 18.8 Å². The van der Waals surface area contributed by atoms with Crippen LogP contribution in [0.25, 0.3) is 0 Å². The molecule has 0 heterocycles. The van der Waals surface area contributed by atoms with Gasteiger partial charge in [0, 0.05) is 20.5 Å². The van der Waals surface area contributed by atoms with Gasteiger partial charge in [0.25, 0.3) is 0 Å². The summed E-state index contributed by atoms with van der Waals surface area (Å²) >= 11 is 0. The maximum Gasteiger partial charge on any atom is 0.314 e. The summed E-state index contributed by atoms with van der Waals surface area (Å²) < 4.78 is 0. The molecule has 1 aromatic carbocycles. The molecular formula is C13H18N2O3. The molecule has 18 heavy (non-hydrogen) atoms. The highest BCUT2D eigenvalue weighted by Gasteiger charge is 2.37.